The van der Waals surface area contributed by atoms with Crippen molar-refractivity contribution < 1.29 is 9.63 Å². The maximum Gasteiger partial charge on any atom is 0.363 e. The van der Waals surface area contributed by atoms with Gasteiger partial charge in [0.2, 0.25) is 0 Å². The van der Waals surface area contributed by atoms with E-state index in [-0.39, 0.29) is 6.04 Å². The third kappa shape index (κ3) is 5.10. The van der Waals surface area contributed by atoms with Crippen LogP contribution < -0.4 is 10.8 Å². The molecule has 2 amide bonds. The predicted molar refractivity (Wildman–Crippen MR) is 32.8 cm³/mol. The first-order valence-corrected chi connectivity index (χ1v) is 2.71. The van der Waals surface area contributed by atoms with Crippen molar-refractivity contribution in [2.45, 2.75) is 19.9 Å². The molecule has 0 fully saturated rings. The van der Waals surface area contributed by atoms with E-state index in [1.807, 2.05) is 13.8 Å². The van der Waals surface area contributed by atoms with E-state index < -0.39 is 6.03 Å². The van der Waals surface area contributed by atoms with Crippen molar-refractivity contribution in [2.24, 2.45) is 0 Å². The van der Waals surface area contributed by atoms with Crippen LogP contribution in [0.4, 0.5) is 4.79 Å². The highest BCUT2D eigenvalue weighted by molar-refractivity contribution is 5.72. The summed E-state index contributed by atoms with van der Waals surface area (Å²) in [5, 5.41) is 2.51. The molecule has 9 heavy (non-hydrogen) atoms. The van der Waals surface area contributed by atoms with Crippen molar-refractivity contribution in [3.05, 3.63) is 0 Å². The normalized spacial score (nSPS) is 9.33. The second kappa shape index (κ2) is 4.14. The molecule has 0 aromatic rings. The monoisotopic (exact) mass is 131 g/mol. The molecule has 0 aliphatic heterocycles. The summed E-state index contributed by atoms with van der Waals surface area (Å²) in [6.45, 7) is 3.70. The molecule has 0 bridgehead atoms. The van der Waals surface area contributed by atoms with Gasteiger partial charge in [-0.25, -0.2) is 4.79 Å². The number of nitrogens with zero attached hydrogens (tertiary/aromatic N) is 1. The van der Waals surface area contributed by atoms with Crippen LogP contribution in [0.1, 0.15) is 13.8 Å². The first-order valence-electron chi connectivity index (χ1n) is 2.71. The van der Waals surface area contributed by atoms with Crippen molar-refractivity contribution in [3.8, 4) is 0 Å². The van der Waals surface area contributed by atoms with Crippen LogP contribution >= 0.6 is 0 Å². The maximum atomic E-state index is 10.5. The molecule has 0 saturated carbocycles. The van der Waals surface area contributed by atoms with Crippen LogP contribution in [0.3, 0.4) is 0 Å². The number of hydrogen-bond acceptors (Lipinski definition) is 2. The van der Waals surface area contributed by atoms with Gasteiger partial charge in [0.1, 0.15) is 0 Å². The Balaban J connectivity index is 3.27. The number of urea groups is 1. The van der Waals surface area contributed by atoms with E-state index in [1.54, 1.807) is 0 Å². The van der Waals surface area contributed by atoms with E-state index in [0.717, 1.165) is 0 Å². The van der Waals surface area contributed by atoms with Crippen LogP contribution in [0, 0.1) is 0 Å². The molecular weight excluding hydrogens is 120 g/mol. The van der Waals surface area contributed by atoms with Crippen molar-refractivity contribution in [2.75, 3.05) is 7.11 Å². The molecule has 0 heterocycles. The quantitative estimate of drug-likeness (QED) is 0.547. The average molecular weight is 131 g/mol. The van der Waals surface area contributed by atoms with Gasteiger partial charge in [0.05, 0.1) is 7.11 Å². The van der Waals surface area contributed by atoms with E-state index in [4.69, 9.17) is 0 Å². The number of carbonyl (C=O) groups excluding carboxylic acids is 1. The van der Waals surface area contributed by atoms with E-state index in [0.29, 0.717) is 0 Å². The van der Waals surface area contributed by atoms with Crippen LogP contribution in [0.25, 0.3) is 0 Å². The molecule has 0 aromatic carbocycles. The highest BCUT2D eigenvalue weighted by Crippen LogP contribution is 1.76. The van der Waals surface area contributed by atoms with Crippen molar-refractivity contribution in [1.29, 1.82) is 0 Å². The van der Waals surface area contributed by atoms with Gasteiger partial charge in [-0.3, -0.25) is 4.84 Å². The molecule has 4 nitrogen and oxygen atoms in total. The Labute approximate surface area is 54.5 Å². The van der Waals surface area contributed by atoms with Crippen molar-refractivity contribution in [3.63, 3.8) is 0 Å². The first kappa shape index (κ1) is 8.23. The number of nitrogens with one attached hydrogen (secondary N) is 1. The standard InChI is InChI=1S/C5H11N2O2/c1-4(2)6-5(8)7-9-3/h4H,1-3H3,(H,6,8). The van der Waals surface area contributed by atoms with E-state index >= 15 is 0 Å². The Morgan fingerprint density at radius 1 is 1.67 bits per heavy atom. The molecule has 1 N–H and O–H groups in total. The van der Waals surface area contributed by atoms with Gasteiger partial charge in [0, 0.05) is 6.04 Å². The lowest BCUT2D eigenvalue weighted by Crippen LogP contribution is -2.34. The lowest BCUT2D eigenvalue weighted by Gasteiger charge is -2.04. The molecule has 0 rings (SSSR count). The zero-order valence-electron chi connectivity index (χ0n) is 5.84. The van der Waals surface area contributed by atoms with Gasteiger partial charge < -0.3 is 5.32 Å². The minimum absolute atomic E-state index is 0.108. The highest BCUT2D eigenvalue weighted by Gasteiger charge is 2.01. The summed E-state index contributed by atoms with van der Waals surface area (Å²) in [7, 11) is 1.33. The lowest BCUT2D eigenvalue weighted by molar-refractivity contribution is 0.0990. The zero-order valence-corrected chi connectivity index (χ0v) is 5.84. The number of amides is 2. The van der Waals surface area contributed by atoms with E-state index in [1.165, 1.54) is 7.11 Å². The first-order chi connectivity index (χ1) is 4.16. The molecule has 4 heteroatoms. The van der Waals surface area contributed by atoms with Crippen LogP contribution in [-0.4, -0.2) is 19.2 Å². The second-order valence-corrected chi connectivity index (χ2v) is 1.88. The summed E-state index contributed by atoms with van der Waals surface area (Å²) in [6, 6.07) is -0.330. The molecule has 0 aliphatic rings. The van der Waals surface area contributed by atoms with Crippen LogP contribution in [0.15, 0.2) is 0 Å². The van der Waals surface area contributed by atoms with Gasteiger partial charge >= 0.3 is 6.03 Å². The minimum Gasteiger partial charge on any atom is -0.332 e. The van der Waals surface area contributed by atoms with Crippen LogP contribution in [-0.2, 0) is 4.84 Å². The van der Waals surface area contributed by atoms with E-state index in [9.17, 15) is 4.79 Å². The summed E-state index contributed by atoms with van der Waals surface area (Å²) in [5.74, 6) is 0. The summed E-state index contributed by atoms with van der Waals surface area (Å²) in [5.41, 5.74) is 3.11. The number of rotatable bonds is 2. The molecular formula is C5H11N2O2. The average Bonchev–Trinajstić information content (AvgIpc) is 1.63. The van der Waals surface area contributed by atoms with Gasteiger partial charge in [0.25, 0.3) is 0 Å². The minimum atomic E-state index is -0.438. The van der Waals surface area contributed by atoms with Gasteiger partial charge in [0.15, 0.2) is 0 Å². The Kier molecular flexibility index (Phi) is 3.79. The molecule has 0 spiro atoms. The van der Waals surface area contributed by atoms with Gasteiger partial charge in [-0.2, -0.15) is 0 Å². The fourth-order valence-corrected chi connectivity index (χ4v) is 0.356. The second-order valence-electron chi connectivity index (χ2n) is 1.88. The molecule has 0 aromatic heterocycles. The van der Waals surface area contributed by atoms with Crippen LogP contribution in [0.5, 0.6) is 0 Å². The Hall–Kier alpha value is -0.770. The topological polar surface area (TPSA) is 52.4 Å². The number of carbonyl (C=O) groups is 1. The SMILES string of the molecule is CO[N]C(=O)NC(C)C. The molecule has 0 atom stereocenters. The zero-order chi connectivity index (χ0) is 7.28. The summed E-state index contributed by atoms with van der Waals surface area (Å²) in [4.78, 5) is 14.7. The van der Waals surface area contributed by atoms with Gasteiger partial charge in [-0.05, 0) is 13.8 Å². The predicted octanol–water partition coefficient (Wildman–Crippen LogP) is 0.270. The van der Waals surface area contributed by atoms with E-state index in [2.05, 4.69) is 15.6 Å². The Morgan fingerprint density at radius 3 is 2.56 bits per heavy atom. The summed E-state index contributed by atoms with van der Waals surface area (Å²) < 4.78 is 0. The summed E-state index contributed by atoms with van der Waals surface area (Å²) >= 11 is 0. The summed E-state index contributed by atoms with van der Waals surface area (Å²) in [6.07, 6.45) is 0. The Morgan fingerprint density at radius 2 is 2.22 bits per heavy atom. The molecule has 0 unspecified atom stereocenters. The third-order valence-electron chi connectivity index (χ3n) is 0.586. The van der Waals surface area contributed by atoms with Gasteiger partial charge in [-0.1, -0.05) is 5.48 Å². The maximum absolute atomic E-state index is 10.5. The molecule has 53 valence electrons. The van der Waals surface area contributed by atoms with Gasteiger partial charge in [-0.15, -0.1) is 0 Å². The number of hydroxylamine groups is 1. The highest BCUT2D eigenvalue weighted by atomic mass is 16.6. The molecule has 0 aliphatic carbocycles. The third-order valence-corrected chi connectivity index (χ3v) is 0.586. The smallest absolute Gasteiger partial charge is 0.332 e. The Bertz CT molecular complexity index is 93.0. The van der Waals surface area contributed by atoms with Crippen LogP contribution in [0.2, 0.25) is 0 Å². The lowest BCUT2D eigenvalue weighted by atomic mass is 10.4. The fourth-order valence-electron chi connectivity index (χ4n) is 0.356. The number of hydrogen-bond donors (Lipinski definition) is 1. The molecule has 1 radical (unpaired) electrons. The fraction of sp³-hybridized carbons (Fsp3) is 0.800. The largest absolute Gasteiger partial charge is 0.363 e. The molecule has 0 saturated heterocycles. The van der Waals surface area contributed by atoms with Crippen molar-refractivity contribution in [1.82, 2.24) is 10.8 Å². The van der Waals surface area contributed by atoms with Crippen molar-refractivity contribution >= 4 is 6.03 Å².